The number of anilines is 1. The topological polar surface area (TPSA) is 59.8 Å². The van der Waals surface area contributed by atoms with Crippen LogP contribution in [0, 0.1) is 6.92 Å². The molecule has 0 atom stereocenters. The summed E-state index contributed by atoms with van der Waals surface area (Å²) >= 11 is 9.46. The largest absolute Gasteiger partial charge is 0.319 e. The number of nitrogens with zero attached hydrogens (tertiary/aromatic N) is 3. The van der Waals surface area contributed by atoms with Crippen LogP contribution in [0.25, 0.3) is 17.1 Å². The highest BCUT2D eigenvalue weighted by Crippen LogP contribution is 2.24. The monoisotopic (exact) mass is 466 g/mol. The number of halogens is 2. The van der Waals surface area contributed by atoms with Crippen LogP contribution in [0.2, 0.25) is 5.02 Å². The standard InChI is InChI=1S/C22H16BrClN4O/c1-14-4-2-3-5-19(14)25-22(29)20-26-21(15-6-10-17(24)11-7-15)28(27-20)18-12-8-16(23)9-13-18/h2-13H,1H3,(H,25,29). The maximum Gasteiger partial charge on any atom is 0.295 e. The number of benzene rings is 3. The van der Waals surface area contributed by atoms with Gasteiger partial charge in [0.1, 0.15) is 0 Å². The lowest BCUT2D eigenvalue weighted by molar-refractivity contribution is 0.101. The van der Waals surface area contributed by atoms with Gasteiger partial charge in [0.25, 0.3) is 5.91 Å². The van der Waals surface area contributed by atoms with Crippen LogP contribution in [0.5, 0.6) is 0 Å². The maximum atomic E-state index is 12.8. The summed E-state index contributed by atoms with van der Waals surface area (Å²) in [6.45, 7) is 1.93. The molecule has 0 saturated heterocycles. The van der Waals surface area contributed by atoms with Gasteiger partial charge in [-0.05, 0) is 67.1 Å². The fraction of sp³-hybridized carbons (Fsp3) is 0.0455. The minimum absolute atomic E-state index is 0.0844. The van der Waals surface area contributed by atoms with Gasteiger partial charge in [-0.25, -0.2) is 9.67 Å². The molecule has 0 aliphatic carbocycles. The van der Waals surface area contributed by atoms with Crippen molar-refractivity contribution in [2.75, 3.05) is 5.32 Å². The number of amides is 1. The van der Waals surface area contributed by atoms with Crippen LogP contribution >= 0.6 is 27.5 Å². The summed E-state index contributed by atoms with van der Waals surface area (Å²) in [5, 5.41) is 7.99. The van der Waals surface area contributed by atoms with Crippen molar-refractivity contribution < 1.29 is 4.79 Å². The first-order valence-electron chi connectivity index (χ1n) is 8.87. The number of hydrogen-bond donors (Lipinski definition) is 1. The molecule has 4 rings (SSSR count). The normalized spacial score (nSPS) is 10.7. The Morgan fingerprint density at radius 1 is 1.00 bits per heavy atom. The van der Waals surface area contributed by atoms with Gasteiger partial charge in [0.15, 0.2) is 5.82 Å². The number of carbonyl (C=O) groups is 1. The number of hydrogen-bond acceptors (Lipinski definition) is 3. The van der Waals surface area contributed by atoms with E-state index in [9.17, 15) is 4.79 Å². The van der Waals surface area contributed by atoms with E-state index in [4.69, 9.17) is 11.6 Å². The van der Waals surface area contributed by atoms with Crippen LogP contribution in [0.15, 0.2) is 77.3 Å². The minimum atomic E-state index is -0.370. The highest BCUT2D eigenvalue weighted by atomic mass is 79.9. The van der Waals surface area contributed by atoms with Gasteiger partial charge in [0.05, 0.1) is 5.69 Å². The molecule has 144 valence electrons. The van der Waals surface area contributed by atoms with Crippen LogP contribution in [0.1, 0.15) is 16.2 Å². The molecule has 0 spiro atoms. The van der Waals surface area contributed by atoms with Crippen LogP contribution in [-0.4, -0.2) is 20.7 Å². The Balaban J connectivity index is 1.76. The fourth-order valence-corrected chi connectivity index (χ4v) is 3.24. The third-order valence-corrected chi connectivity index (χ3v) is 5.16. The van der Waals surface area contributed by atoms with E-state index >= 15 is 0 Å². The number of nitrogens with one attached hydrogen (secondary N) is 1. The number of aromatic nitrogens is 3. The quantitative estimate of drug-likeness (QED) is 0.406. The lowest BCUT2D eigenvalue weighted by atomic mass is 10.2. The third kappa shape index (κ3) is 4.23. The predicted molar refractivity (Wildman–Crippen MR) is 119 cm³/mol. The molecule has 4 aromatic rings. The highest BCUT2D eigenvalue weighted by Gasteiger charge is 2.19. The summed E-state index contributed by atoms with van der Waals surface area (Å²) in [4.78, 5) is 17.3. The molecule has 0 fully saturated rings. The summed E-state index contributed by atoms with van der Waals surface area (Å²) in [6.07, 6.45) is 0. The Hall–Kier alpha value is -2.96. The third-order valence-electron chi connectivity index (χ3n) is 4.38. The SMILES string of the molecule is Cc1ccccc1NC(=O)c1nc(-c2ccc(Cl)cc2)n(-c2ccc(Br)cc2)n1. The highest BCUT2D eigenvalue weighted by molar-refractivity contribution is 9.10. The number of rotatable bonds is 4. The summed E-state index contributed by atoms with van der Waals surface area (Å²) in [5.74, 6) is 0.269. The van der Waals surface area contributed by atoms with E-state index < -0.39 is 0 Å². The molecule has 7 heteroatoms. The molecule has 0 bridgehead atoms. The Bertz CT molecular complexity index is 1110. The van der Waals surface area contributed by atoms with Gasteiger partial charge in [-0.2, -0.15) is 0 Å². The molecule has 1 amide bonds. The van der Waals surface area contributed by atoms with Crippen LogP contribution in [0.3, 0.4) is 0 Å². The Morgan fingerprint density at radius 2 is 1.69 bits per heavy atom. The van der Waals surface area contributed by atoms with Gasteiger partial charge in [0, 0.05) is 20.7 Å². The molecule has 1 heterocycles. The van der Waals surface area contributed by atoms with E-state index in [0.717, 1.165) is 27.0 Å². The molecule has 1 aromatic heterocycles. The van der Waals surface area contributed by atoms with Crippen LogP contribution in [-0.2, 0) is 0 Å². The van der Waals surface area contributed by atoms with Gasteiger partial charge in [0.2, 0.25) is 5.82 Å². The van der Waals surface area contributed by atoms with Crippen molar-refractivity contribution >= 4 is 39.1 Å². The average Bonchev–Trinajstić information content (AvgIpc) is 3.16. The second-order valence-corrected chi connectivity index (χ2v) is 7.78. The molecule has 0 aliphatic heterocycles. The molecule has 1 N–H and O–H groups in total. The van der Waals surface area contributed by atoms with Crippen molar-refractivity contribution in [1.82, 2.24) is 14.8 Å². The van der Waals surface area contributed by atoms with Crippen molar-refractivity contribution in [2.24, 2.45) is 0 Å². The van der Waals surface area contributed by atoms with Gasteiger partial charge >= 0.3 is 0 Å². The van der Waals surface area contributed by atoms with E-state index in [-0.39, 0.29) is 11.7 Å². The summed E-state index contributed by atoms with van der Waals surface area (Å²) < 4.78 is 2.61. The second kappa shape index (κ2) is 8.19. The summed E-state index contributed by atoms with van der Waals surface area (Å²) in [6, 6.07) is 22.5. The molecule has 5 nitrogen and oxygen atoms in total. The van der Waals surface area contributed by atoms with Crippen molar-refractivity contribution in [3.63, 3.8) is 0 Å². The zero-order valence-corrected chi connectivity index (χ0v) is 17.8. The molecule has 0 aliphatic rings. The summed E-state index contributed by atoms with van der Waals surface area (Å²) in [5.41, 5.74) is 3.29. The zero-order valence-electron chi connectivity index (χ0n) is 15.4. The van der Waals surface area contributed by atoms with E-state index in [1.807, 2.05) is 67.6 Å². The first-order chi connectivity index (χ1) is 14.0. The molecule has 0 radical (unpaired) electrons. The van der Waals surface area contributed by atoms with E-state index in [1.54, 1.807) is 16.8 Å². The number of carbonyl (C=O) groups excluding carboxylic acids is 1. The van der Waals surface area contributed by atoms with Crippen molar-refractivity contribution in [3.8, 4) is 17.1 Å². The molecule has 0 saturated carbocycles. The Kier molecular flexibility index (Phi) is 5.47. The second-order valence-electron chi connectivity index (χ2n) is 6.42. The zero-order chi connectivity index (χ0) is 20.4. The van der Waals surface area contributed by atoms with Crippen LogP contribution < -0.4 is 5.32 Å². The van der Waals surface area contributed by atoms with Gasteiger partial charge < -0.3 is 5.32 Å². The average molecular weight is 468 g/mol. The maximum absolute atomic E-state index is 12.8. The minimum Gasteiger partial charge on any atom is -0.319 e. The van der Waals surface area contributed by atoms with Crippen molar-refractivity contribution in [1.29, 1.82) is 0 Å². The fourth-order valence-electron chi connectivity index (χ4n) is 2.85. The molecule has 29 heavy (non-hydrogen) atoms. The molecular formula is C22H16BrClN4O. The lowest BCUT2D eigenvalue weighted by Crippen LogP contribution is -2.15. The number of para-hydroxylation sites is 1. The van der Waals surface area contributed by atoms with Gasteiger partial charge in [-0.15, -0.1) is 5.10 Å². The number of aryl methyl sites for hydroxylation is 1. The summed E-state index contributed by atoms with van der Waals surface area (Å²) in [7, 11) is 0. The van der Waals surface area contributed by atoms with Crippen LogP contribution in [0.4, 0.5) is 5.69 Å². The predicted octanol–water partition coefficient (Wildman–Crippen LogP) is 5.91. The first kappa shape index (κ1) is 19.4. The van der Waals surface area contributed by atoms with Gasteiger partial charge in [-0.3, -0.25) is 4.79 Å². The van der Waals surface area contributed by atoms with Gasteiger partial charge in [-0.1, -0.05) is 45.7 Å². The lowest BCUT2D eigenvalue weighted by Gasteiger charge is -2.06. The molecule has 0 unspecified atom stereocenters. The van der Waals surface area contributed by atoms with Crippen molar-refractivity contribution in [3.05, 3.63) is 93.7 Å². The Labute approximate surface area is 181 Å². The van der Waals surface area contributed by atoms with E-state index in [2.05, 4.69) is 31.3 Å². The van der Waals surface area contributed by atoms with E-state index in [1.165, 1.54) is 0 Å². The van der Waals surface area contributed by atoms with E-state index in [0.29, 0.717) is 10.8 Å². The van der Waals surface area contributed by atoms with Crippen molar-refractivity contribution in [2.45, 2.75) is 6.92 Å². The smallest absolute Gasteiger partial charge is 0.295 e. The first-order valence-corrected chi connectivity index (χ1v) is 10.0. The molecule has 3 aromatic carbocycles. The Morgan fingerprint density at radius 3 is 2.38 bits per heavy atom. The molecular weight excluding hydrogens is 452 g/mol.